The van der Waals surface area contributed by atoms with Crippen molar-refractivity contribution in [2.24, 2.45) is 0 Å². The molecule has 0 saturated carbocycles. The summed E-state index contributed by atoms with van der Waals surface area (Å²) in [7, 11) is 3.20. The number of fused-ring (bicyclic) bond motifs is 1. The third-order valence-corrected chi connectivity index (χ3v) is 4.10. The quantitative estimate of drug-likeness (QED) is 0.767. The number of carbonyl (C=O) groups excluding carboxylic acids is 2. The molecule has 0 aliphatic heterocycles. The highest BCUT2D eigenvalue weighted by Crippen LogP contribution is 2.17. The molecule has 0 bridgehead atoms. The van der Waals surface area contributed by atoms with E-state index in [9.17, 15) is 9.59 Å². The molecule has 0 aliphatic rings. The van der Waals surface area contributed by atoms with E-state index in [1.165, 1.54) is 4.90 Å². The van der Waals surface area contributed by atoms with E-state index < -0.39 is 0 Å². The Kier molecular flexibility index (Phi) is 5.17. The maximum Gasteiger partial charge on any atom is 0.254 e. The monoisotopic (exact) mass is 348 g/mol. The third-order valence-electron chi connectivity index (χ3n) is 4.10. The summed E-state index contributed by atoms with van der Waals surface area (Å²) in [6, 6.07) is 20.4. The van der Waals surface area contributed by atoms with Crippen LogP contribution in [0.2, 0.25) is 0 Å². The predicted molar refractivity (Wildman–Crippen MR) is 103 cm³/mol. The summed E-state index contributed by atoms with van der Waals surface area (Å²) in [5.41, 5.74) is 1.21. The van der Waals surface area contributed by atoms with E-state index in [-0.39, 0.29) is 18.4 Å². The van der Waals surface area contributed by atoms with Gasteiger partial charge in [-0.05, 0) is 47.2 Å². The molecule has 0 radical (unpaired) electrons. The summed E-state index contributed by atoms with van der Waals surface area (Å²) in [5.74, 6) is 0.263. The zero-order valence-corrected chi connectivity index (χ0v) is 14.7. The number of benzene rings is 3. The van der Waals surface area contributed by atoms with Crippen molar-refractivity contribution < 1.29 is 14.3 Å². The van der Waals surface area contributed by atoms with Crippen LogP contribution in [0.4, 0.5) is 5.69 Å². The summed E-state index contributed by atoms with van der Waals surface area (Å²) in [4.78, 5) is 26.2. The number of anilines is 1. The largest absolute Gasteiger partial charge is 0.497 e. The molecule has 132 valence electrons. The molecule has 1 N–H and O–H groups in total. The average Bonchev–Trinajstić information content (AvgIpc) is 2.67. The summed E-state index contributed by atoms with van der Waals surface area (Å²) in [6.45, 7) is -0.0301. The number of hydrogen-bond acceptors (Lipinski definition) is 3. The zero-order valence-electron chi connectivity index (χ0n) is 14.7. The van der Waals surface area contributed by atoms with Crippen molar-refractivity contribution in [2.75, 3.05) is 26.0 Å². The second-order valence-corrected chi connectivity index (χ2v) is 6.00. The number of nitrogens with zero attached hydrogens (tertiary/aromatic N) is 1. The molecule has 5 heteroatoms. The fourth-order valence-corrected chi connectivity index (χ4v) is 2.70. The molecule has 3 rings (SSSR count). The van der Waals surface area contributed by atoms with Gasteiger partial charge < -0.3 is 15.0 Å². The van der Waals surface area contributed by atoms with Crippen molar-refractivity contribution in [1.29, 1.82) is 0 Å². The summed E-state index contributed by atoms with van der Waals surface area (Å²) < 4.78 is 5.08. The number of nitrogens with one attached hydrogen (secondary N) is 1. The number of carbonyl (C=O) groups is 2. The minimum Gasteiger partial charge on any atom is -0.497 e. The van der Waals surface area contributed by atoms with Crippen LogP contribution in [0, 0.1) is 0 Å². The molecule has 0 unspecified atom stereocenters. The Morgan fingerprint density at radius 1 is 0.962 bits per heavy atom. The molecule has 2 amide bonds. The Balaban J connectivity index is 1.64. The van der Waals surface area contributed by atoms with Crippen LogP contribution in [-0.4, -0.2) is 37.4 Å². The molecule has 3 aromatic rings. The molecule has 0 fully saturated rings. The molecule has 26 heavy (non-hydrogen) atoms. The highest BCUT2D eigenvalue weighted by Gasteiger charge is 2.15. The lowest BCUT2D eigenvalue weighted by atomic mass is 10.1. The van der Waals surface area contributed by atoms with E-state index in [1.54, 1.807) is 44.5 Å². The summed E-state index contributed by atoms with van der Waals surface area (Å²) in [6.07, 6.45) is 0. The minimum absolute atomic E-state index is 0.0301. The molecule has 0 atom stereocenters. The van der Waals surface area contributed by atoms with Gasteiger partial charge in [-0.2, -0.15) is 0 Å². The van der Waals surface area contributed by atoms with E-state index in [0.29, 0.717) is 17.0 Å². The molecule has 0 saturated heterocycles. The standard InChI is InChI=1S/C21H20N2O3/c1-23(14-20(24)22-18-9-11-19(26-2)12-10-18)21(25)17-8-7-15-5-3-4-6-16(15)13-17/h3-13H,14H2,1-2H3,(H,22,24). The van der Waals surface area contributed by atoms with Gasteiger partial charge in [0.1, 0.15) is 5.75 Å². The molecular weight excluding hydrogens is 328 g/mol. The minimum atomic E-state index is -0.258. The Hall–Kier alpha value is -3.34. The van der Waals surface area contributed by atoms with Crippen LogP contribution < -0.4 is 10.1 Å². The molecule has 0 spiro atoms. The van der Waals surface area contributed by atoms with Gasteiger partial charge in [0.2, 0.25) is 5.91 Å². The van der Waals surface area contributed by atoms with Gasteiger partial charge in [-0.25, -0.2) is 0 Å². The third kappa shape index (κ3) is 4.00. The van der Waals surface area contributed by atoms with Crippen LogP contribution in [0.5, 0.6) is 5.75 Å². The van der Waals surface area contributed by atoms with E-state index in [2.05, 4.69) is 5.32 Å². The molecule has 3 aromatic carbocycles. The first-order chi connectivity index (χ1) is 12.6. The number of hydrogen-bond donors (Lipinski definition) is 1. The maximum atomic E-state index is 12.6. The molecule has 5 nitrogen and oxygen atoms in total. The van der Waals surface area contributed by atoms with Gasteiger partial charge in [-0.15, -0.1) is 0 Å². The number of methoxy groups -OCH3 is 1. The molecule has 0 aliphatic carbocycles. The van der Waals surface area contributed by atoms with Crippen molar-refractivity contribution in [1.82, 2.24) is 4.90 Å². The lowest BCUT2D eigenvalue weighted by molar-refractivity contribution is -0.116. The summed E-state index contributed by atoms with van der Waals surface area (Å²) in [5, 5.41) is 4.84. The Labute approximate surface area is 152 Å². The van der Waals surface area contributed by atoms with Gasteiger partial charge in [-0.3, -0.25) is 9.59 Å². The summed E-state index contributed by atoms with van der Waals surface area (Å²) >= 11 is 0. The van der Waals surface area contributed by atoms with Gasteiger partial charge in [0.15, 0.2) is 0 Å². The topological polar surface area (TPSA) is 58.6 Å². The highest BCUT2D eigenvalue weighted by atomic mass is 16.5. The van der Waals surface area contributed by atoms with Gasteiger partial charge in [0, 0.05) is 18.3 Å². The van der Waals surface area contributed by atoms with Gasteiger partial charge in [0.25, 0.3) is 5.91 Å². The van der Waals surface area contributed by atoms with Gasteiger partial charge in [0.05, 0.1) is 13.7 Å². The van der Waals surface area contributed by atoms with E-state index in [0.717, 1.165) is 10.8 Å². The van der Waals surface area contributed by atoms with Crippen LogP contribution in [0.1, 0.15) is 10.4 Å². The molecule has 0 aromatic heterocycles. The maximum absolute atomic E-state index is 12.6. The fourth-order valence-electron chi connectivity index (χ4n) is 2.70. The van der Waals surface area contributed by atoms with Crippen LogP contribution in [0.15, 0.2) is 66.7 Å². The van der Waals surface area contributed by atoms with Crippen LogP contribution >= 0.6 is 0 Å². The van der Waals surface area contributed by atoms with Crippen molar-refractivity contribution in [3.8, 4) is 5.75 Å². The molecule has 0 heterocycles. The number of amides is 2. The van der Waals surface area contributed by atoms with Crippen LogP contribution in [0.3, 0.4) is 0 Å². The SMILES string of the molecule is COc1ccc(NC(=O)CN(C)C(=O)c2ccc3ccccc3c2)cc1. The Bertz CT molecular complexity index is 935. The predicted octanol–water partition coefficient (Wildman–Crippen LogP) is 3.56. The van der Waals surface area contributed by atoms with Gasteiger partial charge >= 0.3 is 0 Å². The first-order valence-corrected chi connectivity index (χ1v) is 8.25. The van der Waals surface area contributed by atoms with Crippen LogP contribution in [0.25, 0.3) is 10.8 Å². The number of rotatable bonds is 5. The van der Waals surface area contributed by atoms with Crippen molar-refractivity contribution >= 4 is 28.3 Å². The highest BCUT2D eigenvalue weighted by molar-refractivity contribution is 6.01. The average molecular weight is 348 g/mol. The second kappa shape index (κ2) is 7.70. The van der Waals surface area contributed by atoms with Gasteiger partial charge in [-0.1, -0.05) is 30.3 Å². The number of likely N-dealkylation sites (N-methyl/N-ethyl adjacent to an activating group) is 1. The van der Waals surface area contributed by atoms with Crippen LogP contribution in [-0.2, 0) is 4.79 Å². The lowest BCUT2D eigenvalue weighted by Crippen LogP contribution is -2.34. The van der Waals surface area contributed by atoms with Crippen molar-refractivity contribution in [3.05, 3.63) is 72.3 Å². The molecular formula is C21H20N2O3. The second-order valence-electron chi connectivity index (χ2n) is 6.00. The first-order valence-electron chi connectivity index (χ1n) is 8.25. The first kappa shape index (κ1) is 17.5. The van der Waals surface area contributed by atoms with E-state index >= 15 is 0 Å². The normalized spacial score (nSPS) is 10.4. The smallest absolute Gasteiger partial charge is 0.254 e. The Morgan fingerprint density at radius 2 is 1.65 bits per heavy atom. The number of ether oxygens (including phenoxy) is 1. The fraction of sp³-hybridized carbons (Fsp3) is 0.143. The lowest BCUT2D eigenvalue weighted by Gasteiger charge is -2.17. The zero-order chi connectivity index (χ0) is 18.5. The van der Waals surface area contributed by atoms with E-state index in [1.807, 2.05) is 36.4 Å². The van der Waals surface area contributed by atoms with Crippen molar-refractivity contribution in [3.63, 3.8) is 0 Å². The Morgan fingerprint density at radius 3 is 2.35 bits per heavy atom. The van der Waals surface area contributed by atoms with Crippen molar-refractivity contribution in [2.45, 2.75) is 0 Å². The van der Waals surface area contributed by atoms with E-state index in [4.69, 9.17) is 4.74 Å².